The molecule has 8 heteroatoms. The van der Waals surface area contributed by atoms with Gasteiger partial charge in [-0.2, -0.15) is 5.10 Å². The smallest absolute Gasteiger partial charge is 0.226 e. The Hall–Kier alpha value is -3.94. The molecular formula is C24H27N7O. The van der Waals surface area contributed by atoms with Crippen molar-refractivity contribution < 1.29 is 4.42 Å². The van der Waals surface area contributed by atoms with E-state index in [2.05, 4.69) is 37.6 Å². The molecule has 0 fully saturated rings. The van der Waals surface area contributed by atoms with Crippen LogP contribution in [0.4, 0.5) is 0 Å². The van der Waals surface area contributed by atoms with E-state index in [9.17, 15) is 0 Å². The molecule has 0 aliphatic carbocycles. The molecule has 4 aromatic rings. The van der Waals surface area contributed by atoms with Gasteiger partial charge < -0.3 is 15.1 Å². The average molecular weight is 430 g/mol. The average Bonchev–Trinajstić information content (AvgIpc) is 3.40. The van der Waals surface area contributed by atoms with E-state index in [1.54, 1.807) is 13.3 Å². The van der Waals surface area contributed by atoms with Gasteiger partial charge in [0.25, 0.3) is 0 Å². The monoisotopic (exact) mass is 429 g/mol. The summed E-state index contributed by atoms with van der Waals surface area (Å²) in [5, 5.41) is 11.0. The fraction of sp³-hybridized carbons (Fsp3) is 0.250. The molecule has 1 aromatic carbocycles. The standard InChI is InChI=1S/C24H27N7O/c1-16-5-8-20(9-6-16)23-29-21(15-32-23)14-28-24(25-4)27-13-19-7-10-22(26-12-19)31-18(3)11-17(2)30-31/h5-12,15H,13-14H2,1-4H3,(H2,25,27,28). The molecule has 0 bridgehead atoms. The second-order valence-corrected chi connectivity index (χ2v) is 7.65. The Morgan fingerprint density at radius 3 is 2.47 bits per heavy atom. The number of hydrogen-bond donors (Lipinski definition) is 2. The first kappa shape index (κ1) is 21.3. The largest absolute Gasteiger partial charge is 0.444 e. The molecule has 3 heterocycles. The van der Waals surface area contributed by atoms with E-state index in [-0.39, 0.29) is 0 Å². The van der Waals surface area contributed by atoms with Crippen LogP contribution in [0.1, 0.15) is 28.2 Å². The van der Waals surface area contributed by atoms with Crippen LogP contribution in [0.15, 0.2) is 64.3 Å². The van der Waals surface area contributed by atoms with Crippen molar-refractivity contribution in [2.75, 3.05) is 7.05 Å². The molecule has 0 radical (unpaired) electrons. The van der Waals surface area contributed by atoms with E-state index in [0.29, 0.717) is 24.9 Å². The summed E-state index contributed by atoms with van der Waals surface area (Å²) in [6.07, 6.45) is 3.51. The first-order chi connectivity index (χ1) is 15.5. The molecule has 0 aliphatic rings. The minimum absolute atomic E-state index is 0.504. The summed E-state index contributed by atoms with van der Waals surface area (Å²) in [5.74, 6) is 2.09. The van der Waals surface area contributed by atoms with Crippen molar-refractivity contribution in [3.8, 4) is 17.3 Å². The summed E-state index contributed by atoms with van der Waals surface area (Å²) >= 11 is 0. The third kappa shape index (κ3) is 5.03. The molecule has 0 spiro atoms. The minimum Gasteiger partial charge on any atom is -0.444 e. The van der Waals surface area contributed by atoms with Crippen LogP contribution in [0.2, 0.25) is 0 Å². The van der Waals surface area contributed by atoms with Gasteiger partial charge in [-0.1, -0.05) is 23.8 Å². The molecule has 8 nitrogen and oxygen atoms in total. The Morgan fingerprint density at radius 2 is 1.81 bits per heavy atom. The summed E-state index contributed by atoms with van der Waals surface area (Å²) in [5.41, 5.74) is 6.04. The van der Waals surface area contributed by atoms with Gasteiger partial charge in [-0.05, 0) is 50.6 Å². The lowest BCUT2D eigenvalue weighted by molar-refractivity contribution is 0.572. The molecule has 0 saturated heterocycles. The molecule has 4 rings (SSSR count). The fourth-order valence-corrected chi connectivity index (χ4v) is 3.30. The zero-order chi connectivity index (χ0) is 22.5. The van der Waals surface area contributed by atoms with E-state index < -0.39 is 0 Å². The summed E-state index contributed by atoms with van der Waals surface area (Å²) in [7, 11) is 1.74. The highest BCUT2D eigenvalue weighted by Crippen LogP contribution is 2.19. The Morgan fingerprint density at radius 1 is 1.03 bits per heavy atom. The predicted molar refractivity (Wildman–Crippen MR) is 125 cm³/mol. The fourth-order valence-electron chi connectivity index (χ4n) is 3.30. The lowest BCUT2D eigenvalue weighted by atomic mass is 10.1. The van der Waals surface area contributed by atoms with Crippen molar-refractivity contribution >= 4 is 5.96 Å². The zero-order valence-corrected chi connectivity index (χ0v) is 18.8. The number of nitrogens with zero attached hydrogens (tertiary/aromatic N) is 5. The van der Waals surface area contributed by atoms with Crippen LogP contribution in [-0.4, -0.2) is 32.8 Å². The number of rotatable bonds is 6. The molecule has 0 atom stereocenters. The van der Waals surface area contributed by atoms with Gasteiger partial charge in [0.05, 0.1) is 17.9 Å². The number of pyridine rings is 1. The van der Waals surface area contributed by atoms with E-state index in [0.717, 1.165) is 34.0 Å². The summed E-state index contributed by atoms with van der Waals surface area (Å²) in [6.45, 7) is 7.15. The SMILES string of the molecule is CN=C(NCc1ccc(-n2nc(C)cc2C)nc1)NCc1coc(-c2ccc(C)cc2)n1. The Labute approximate surface area is 187 Å². The number of aryl methyl sites for hydroxylation is 3. The van der Waals surface area contributed by atoms with Crippen molar-refractivity contribution in [2.45, 2.75) is 33.9 Å². The number of benzene rings is 1. The van der Waals surface area contributed by atoms with E-state index in [1.165, 1.54) is 5.56 Å². The van der Waals surface area contributed by atoms with Crippen molar-refractivity contribution in [3.63, 3.8) is 0 Å². The highest BCUT2D eigenvalue weighted by atomic mass is 16.3. The Kier molecular flexibility index (Phi) is 6.30. The van der Waals surface area contributed by atoms with Crippen LogP contribution in [-0.2, 0) is 13.1 Å². The zero-order valence-electron chi connectivity index (χ0n) is 18.8. The number of aromatic nitrogens is 4. The van der Waals surface area contributed by atoms with Crippen molar-refractivity contribution in [1.82, 2.24) is 30.4 Å². The van der Waals surface area contributed by atoms with Crippen molar-refractivity contribution in [3.05, 3.63) is 83.1 Å². The van der Waals surface area contributed by atoms with Crippen molar-refractivity contribution in [1.29, 1.82) is 0 Å². The molecular weight excluding hydrogens is 402 g/mol. The van der Waals surface area contributed by atoms with Crippen LogP contribution in [0.5, 0.6) is 0 Å². The Bertz CT molecular complexity index is 1200. The van der Waals surface area contributed by atoms with Gasteiger partial charge in [0, 0.05) is 31.0 Å². The topological polar surface area (TPSA) is 93.2 Å². The summed E-state index contributed by atoms with van der Waals surface area (Å²) in [6, 6.07) is 14.1. The molecule has 0 amide bonds. The first-order valence-corrected chi connectivity index (χ1v) is 10.5. The van der Waals surface area contributed by atoms with Crippen LogP contribution in [0.3, 0.4) is 0 Å². The van der Waals surface area contributed by atoms with Gasteiger partial charge in [-0.15, -0.1) is 0 Å². The second-order valence-electron chi connectivity index (χ2n) is 7.65. The van der Waals surface area contributed by atoms with Gasteiger partial charge in [0.1, 0.15) is 6.26 Å². The lowest BCUT2D eigenvalue weighted by Gasteiger charge is -2.11. The number of guanidine groups is 1. The maximum Gasteiger partial charge on any atom is 0.226 e. The normalized spacial score (nSPS) is 11.6. The maximum atomic E-state index is 5.62. The predicted octanol–water partition coefficient (Wildman–Crippen LogP) is 3.71. The van der Waals surface area contributed by atoms with E-state index in [1.807, 2.05) is 67.2 Å². The molecule has 3 aromatic heterocycles. The molecule has 2 N–H and O–H groups in total. The van der Waals surface area contributed by atoms with Crippen molar-refractivity contribution in [2.24, 2.45) is 4.99 Å². The highest BCUT2D eigenvalue weighted by molar-refractivity contribution is 5.79. The summed E-state index contributed by atoms with van der Waals surface area (Å²) < 4.78 is 7.46. The van der Waals surface area contributed by atoms with Crippen LogP contribution in [0.25, 0.3) is 17.3 Å². The molecule has 0 aliphatic heterocycles. The molecule has 32 heavy (non-hydrogen) atoms. The van der Waals surface area contributed by atoms with Gasteiger partial charge >= 0.3 is 0 Å². The highest BCUT2D eigenvalue weighted by Gasteiger charge is 2.08. The van der Waals surface area contributed by atoms with Crippen LogP contribution >= 0.6 is 0 Å². The van der Waals surface area contributed by atoms with Crippen LogP contribution in [0, 0.1) is 20.8 Å². The lowest BCUT2D eigenvalue weighted by Crippen LogP contribution is -2.36. The molecule has 164 valence electrons. The van der Waals surface area contributed by atoms with Gasteiger partial charge in [0.15, 0.2) is 11.8 Å². The number of nitrogens with one attached hydrogen (secondary N) is 2. The number of oxazole rings is 1. The first-order valence-electron chi connectivity index (χ1n) is 10.5. The summed E-state index contributed by atoms with van der Waals surface area (Å²) in [4.78, 5) is 13.4. The van der Waals surface area contributed by atoms with E-state index >= 15 is 0 Å². The second kappa shape index (κ2) is 9.47. The third-order valence-electron chi connectivity index (χ3n) is 5.01. The third-order valence-corrected chi connectivity index (χ3v) is 5.01. The maximum absolute atomic E-state index is 5.62. The van der Waals surface area contributed by atoms with Gasteiger partial charge in [-0.3, -0.25) is 4.99 Å². The molecule has 0 saturated carbocycles. The number of aliphatic imine (C=N–C) groups is 1. The Balaban J connectivity index is 1.31. The molecule has 0 unspecified atom stereocenters. The van der Waals surface area contributed by atoms with Gasteiger partial charge in [-0.25, -0.2) is 14.6 Å². The minimum atomic E-state index is 0.504. The quantitative estimate of drug-likeness (QED) is 0.358. The van der Waals surface area contributed by atoms with E-state index in [4.69, 9.17) is 4.42 Å². The number of hydrogen-bond acceptors (Lipinski definition) is 5. The van der Waals surface area contributed by atoms with Crippen LogP contribution < -0.4 is 10.6 Å². The van der Waals surface area contributed by atoms with Gasteiger partial charge in [0.2, 0.25) is 5.89 Å².